The fraction of sp³-hybridized carbons (Fsp3) is 0.455. The number of allylic oxidation sites excluding steroid dienone is 4. The highest BCUT2D eigenvalue weighted by molar-refractivity contribution is 6.24. The Balaban J connectivity index is 1.83. The lowest BCUT2D eigenvalue weighted by atomic mass is 9.85. The number of carbonyl (C=O) groups is 2. The predicted molar refractivity (Wildman–Crippen MR) is 99.2 cm³/mol. The number of para-hydroxylation sites is 1. The van der Waals surface area contributed by atoms with Crippen LogP contribution in [0.2, 0.25) is 0 Å². The molecule has 1 saturated heterocycles. The van der Waals surface area contributed by atoms with E-state index < -0.39 is 0 Å². The van der Waals surface area contributed by atoms with E-state index >= 15 is 0 Å². The van der Waals surface area contributed by atoms with Crippen LogP contribution in [0.25, 0.3) is 0 Å². The first kappa shape index (κ1) is 16.3. The van der Waals surface area contributed by atoms with Crippen molar-refractivity contribution in [1.29, 1.82) is 0 Å². The molecule has 25 heavy (non-hydrogen) atoms. The molecule has 0 spiro atoms. The maximum absolute atomic E-state index is 13.3. The average molecular weight is 335 g/mol. The van der Waals surface area contributed by atoms with Gasteiger partial charge in [-0.05, 0) is 37.8 Å². The normalized spacial score (nSPS) is 30.0. The monoisotopic (exact) mass is 335 g/mol. The van der Waals surface area contributed by atoms with E-state index in [-0.39, 0.29) is 41.4 Å². The van der Waals surface area contributed by atoms with Crippen LogP contribution >= 0.6 is 0 Å². The summed E-state index contributed by atoms with van der Waals surface area (Å²) in [6.45, 7) is 10.4. The molecule has 2 fully saturated rings. The average Bonchev–Trinajstić information content (AvgIpc) is 3.18. The molecule has 3 aliphatic rings. The van der Waals surface area contributed by atoms with Crippen LogP contribution in [0.3, 0.4) is 0 Å². The SMILES string of the molecule is CC(C)=C1C2C=CC1C1C(=O)N(c3c(C)cccc3C(C)C)C(=O)C21. The standard InChI is InChI=1S/C22H25NO2/c1-11(2)14-8-6-7-13(5)20(14)23-21(24)18-15-9-10-16(17(15)12(3)4)19(18)22(23)25/h6-11,15-16,18-19H,1-5H3. The molecule has 0 aromatic heterocycles. The van der Waals surface area contributed by atoms with Gasteiger partial charge >= 0.3 is 0 Å². The minimum atomic E-state index is -0.216. The van der Waals surface area contributed by atoms with Gasteiger partial charge in [0.25, 0.3) is 0 Å². The Morgan fingerprint density at radius 2 is 1.56 bits per heavy atom. The Kier molecular flexibility index (Phi) is 3.54. The molecule has 3 nitrogen and oxygen atoms in total. The number of anilines is 1. The van der Waals surface area contributed by atoms with Crippen LogP contribution < -0.4 is 4.90 Å². The second-order valence-electron chi connectivity index (χ2n) is 8.12. The van der Waals surface area contributed by atoms with E-state index in [0.29, 0.717) is 0 Å². The number of carbonyl (C=O) groups excluding carboxylic acids is 2. The van der Waals surface area contributed by atoms with Gasteiger partial charge in [0.2, 0.25) is 11.8 Å². The minimum absolute atomic E-state index is 0.0122. The fourth-order valence-corrected chi connectivity index (χ4v) is 5.10. The Bertz CT molecular complexity index is 808. The summed E-state index contributed by atoms with van der Waals surface area (Å²) in [6, 6.07) is 6.03. The number of amides is 2. The third-order valence-electron chi connectivity index (χ3n) is 6.11. The fourth-order valence-electron chi connectivity index (χ4n) is 5.10. The van der Waals surface area contributed by atoms with Gasteiger partial charge in [-0.25, -0.2) is 4.90 Å². The number of imide groups is 1. The topological polar surface area (TPSA) is 37.4 Å². The molecule has 1 aromatic carbocycles. The quantitative estimate of drug-likeness (QED) is 0.594. The highest BCUT2D eigenvalue weighted by Gasteiger charge is 2.62. The molecular weight excluding hydrogens is 310 g/mol. The lowest BCUT2D eigenvalue weighted by Crippen LogP contribution is -2.34. The van der Waals surface area contributed by atoms with Crippen LogP contribution in [0, 0.1) is 30.6 Å². The first-order valence-electron chi connectivity index (χ1n) is 9.17. The highest BCUT2D eigenvalue weighted by atomic mass is 16.2. The van der Waals surface area contributed by atoms with Crippen LogP contribution in [-0.2, 0) is 9.59 Å². The summed E-state index contributed by atoms with van der Waals surface area (Å²) in [5, 5.41) is 0. The first-order valence-corrected chi connectivity index (χ1v) is 9.17. The third-order valence-corrected chi connectivity index (χ3v) is 6.11. The van der Waals surface area contributed by atoms with Crippen LogP contribution in [0.5, 0.6) is 0 Å². The van der Waals surface area contributed by atoms with Crippen molar-refractivity contribution < 1.29 is 9.59 Å². The number of nitrogens with zero attached hydrogens (tertiary/aromatic N) is 1. The zero-order valence-corrected chi connectivity index (χ0v) is 15.5. The zero-order valence-electron chi connectivity index (χ0n) is 15.5. The largest absolute Gasteiger partial charge is 0.274 e. The van der Waals surface area contributed by atoms with Crippen molar-refractivity contribution in [2.45, 2.75) is 40.5 Å². The summed E-state index contributed by atoms with van der Waals surface area (Å²) in [5.41, 5.74) is 5.44. The minimum Gasteiger partial charge on any atom is -0.274 e. The summed E-state index contributed by atoms with van der Waals surface area (Å²) >= 11 is 0. The summed E-state index contributed by atoms with van der Waals surface area (Å²) in [4.78, 5) is 28.2. The molecule has 1 saturated carbocycles. The van der Waals surface area contributed by atoms with Crippen molar-refractivity contribution in [3.8, 4) is 0 Å². The van der Waals surface area contributed by atoms with E-state index in [4.69, 9.17) is 0 Å². The number of rotatable bonds is 2. The molecule has 1 heterocycles. The van der Waals surface area contributed by atoms with Gasteiger partial charge in [-0.15, -0.1) is 0 Å². The molecule has 2 amide bonds. The molecule has 4 atom stereocenters. The van der Waals surface area contributed by atoms with Gasteiger partial charge in [0.15, 0.2) is 0 Å². The molecule has 3 heteroatoms. The Hall–Kier alpha value is -2.16. The molecule has 4 rings (SSSR count). The zero-order chi connectivity index (χ0) is 18.0. The smallest absolute Gasteiger partial charge is 0.238 e. The van der Waals surface area contributed by atoms with Crippen molar-refractivity contribution in [3.05, 3.63) is 52.6 Å². The van der Waals surface area contributed by atoms with E-state index in [1.165, 1.54) is 16.0 Å². The maximum atomic E-state index is 13.3. The van der Waals surface area contributed by atoms with E-state index in [9.17, 15) is 9.59 Å². The number of fused-ring (bicyclic) bond motifs is 5. The number of benzene rings is 1. The Labute approximate surface area is 149 Å². The molecule has 0 radical (unpaired) electrons. The van der Waals surface area contributed by atoms with Crippen molar-refractivity contribution in [3.63, 3.8) is 0 Å². The lowest BCUT2D eigenvalue weighted by molar-refractivity contribution is -0.123. The van der Waals surface area contributed by atoms with Crippen LogP contribution in [-0.4, -0.2) is 11.8 Å². The molecule has 1 aromatic rings. The van der Waals surface area contributed by atoms with Crippen molar-refractivity contribution >= 4 is 17.5 Å². The van der Waals surface area contributed by atoms with Crippen LogP contribution in [0.15, 0.2) is 41.5 Å². The summed E-state index contributed by atoms with van der Waals surface area (Å²) in [5.74, 6) is 0.0164. The number of aryl methyl sites for hydroxylation is 1. The van der Waals surface area contributed by atoms with Crippen LogP contribution in [0.4, 0.5) is 5.69 Å². The lowest BCUT2D eigenvalue weighted by Gasteiger charge is -2.25. The van der Waals surface area contributed by atoms with Crippen molar-refractivity contribution in [1.82, 2.24) is 0 Å². The van der Waals surface area contributed by atoms with Gasteiger partial charge in [0.1, 0.15) is 0 Å². The molecule has 2 aliphatic carbocycles. The first-order chi connectivity index (χ1) is 11.8. The van der Waals surface area contributed by atoms with Gasteiger partial charge < -0.3 is 0 Å². The maximum Gasteiger partial charge on any atom is 0.238 e. The predicted octanol–water partition coefficient (Wildman–Crippen LogP) is 4.38. The summed E-state index contributed by atoms with van der Waals surface area (Å²) in [7, 11) is 0. The van der Waals surface area contributed by atoms with Crippen molar-refractivity contribution in [2.24, 2.45) is 23.7 Å². The van der Waals surface area contributed by atoms with Gasteiger partial charge in [-0.1, -0.05) is 55.3 Å². The second kappa shape index (κ2) is 5.42. The third kappa shape index (κ3) is 2.04. The highest BCUT2D eigenvalue weighted by Crippen LogP contribution is 2.57. The molecule has 4 unspecified atom stereocenters. The molecule has 130 valence electrons. The molecule has 1 aliphatic heterocycles. The number of hydrogen-bond donors (Lipinski definition) is 0. The second-order valence-corrected chi connectivity index (χ2v) is 8.12. The van der Waals surface area contributed by atoms with E-state index in [2.05, 4.69) is 39.8 Å². The van der Waals surface area contributed by atoms with Gasteiger partial charge in [-0.3, -0.25) is 9.59 Å². The van der Waals surface area contributed by atoms with Gasteiger partial charge in [-0.2, -0.15) is 0 Å². The summed E-state index contributed by atoms with van der Waals surface area (Å²) in [6.07, 6.45) is 4.29. The summed E-state index contributed by atoms with van der Waals surface area (Å²) < 4.78 is 0. The molecule has 0 N–H and O–H groups in total. The Morgan fingerprint density at radius 1 is 1.00 bits per heavy atom. The number of hydrogen-bond acceptors (Lipinski definition) is 2. The van der Waals surface area contributed by atoms with Gasteiger partial charge in [0.05, 0.1) is 17.5 Å². The van der Waals surface area contributed by atoms with E-state index in [0.717, 1.165) is 16.8 Å². The van der Waals surface area contributed by atoms with Crippen molar-refractivity contribution in [2.75, 3.05) is 4.90 Å². The van der Waals surface area contributed by atoms with Crippen LogP contribution in [0.1, 0.15) is 44.7 Å². The van der Waals surface area contributed by atoms with E-state index in [1.54, 1.807) is 0 Å². The van der Waals surface area contributed by atoms with Gasteiger partial charge in [0, 0.05) is 11.8 Å². The molecular formula is C22H25NO2. The molecule has 2 bridgehead atoms. The Morgan fingerprint density at radius 3 is 2.04 bits per heavy atom. The van der Waals surface area contributed by atoms with E-state index in [1.807, 2.05) is 25.1 Å².